The second-order valence-corrected chi connectivity index (χ2v) is 13.2. The van der Waals surface area contributed by atoms with E-state index in [4.69, 9.17) is 19.7 Å². The third-order valence-electron chi connectivity index (χ3n) is 11.7. The predicted molar refractivity (Wildman–Crippen MR) is 143 cm³/mol. The Hall–Kier alpha value is -1.59. The molecule has 6 rings (SSSR count). The average Bonchev–Trinajstić information content (AvgIpc) is 3.20. The molecule has 0 amide bonds. The molecule has 4 aliphatic carbocycles. The smallest absolute Gasteiger partial charge is 0.335 e. The van der Waals surface area contributed by atoms with Crippen molar-refractivity contribution in [1.82, 2.24) is 5.06 Å². The van der Waals surface area contributed by atoms with E-state index in [2.05, 4.69) is 19.9 Å². The van der Waals surface area contributed by atoms with E-state index < -0.39 is 30.1 Å². The number of rotatable bonds is 4. The molecule has 11 atom stereocenters. The molecular weight excluding hydrogens is 500 g/mol. The molecule has 3 saturated carbocycles. The number of nitrogens with two attached hydrogens (primary N) is 1. The van der Waals surface area contributed by atoms with Gasteiger partial charge in [0.15, 0.2) is 6.23 Å². The Morgan fingerprint density at radius 2 is 1.85 bits per heavy atom. The second kappa shape index (κ2) is 9.76. The van der Waals surface area contributed by atoms with Gasteiger partial charge in [0.25, 0.3) is 0 Å². The van der Waals surface area contributed by atoms with Crippen molar-refractivity contribution < 1.29 is 29.3 Å². The number of hydrogen-bond donors (Lipinski definition) is 4. The maximum Gasteiger partial charge on any atom is 0.335 e. The molecule has 5 N–H and O–H groups in total. The van der Waals surface area contributed by atoms with Crippen molar-refractivity contribution >= 4 is 0 Å². The van der Waals surface area contributed by atoms with Gasteiger partial charge >= 0.3 is 5.63 Å². The molecule has 2 heterocycles. The zero-order valence-corrected chi connectivity index (χ0v) is 23.3. The standard InChI is InChI=1S/C30H44N2O7/c1-28-11-8-19(32(37-3)27-26(35)25(34)23(31)16-39-27)14-18(28)5-6-22-21(28)9-12-29(2)20(10-13-30(22,29)36)17-4-7-24(33)38-15-17/h4,7,14-15,19-23,25-27,34-36H,5-6,8-13,16,31H2,1-3H3/t19-,20+,21?,22?,23-,25-,26-,27?,28-,29+,30-/m0/s1. The maximum atomic E-state index is 12.5. The molecule has 0 aromatic carbocycles. The van der Waals surface area contributed by atoms with Crippen molar-refractivity contribution in [3.05, 3.63) is 46.0 Å². The van der Waals surface area contributed by atoms with Crippen LogP contribution in [0.5, 0.6) is 0 Å². The van der Waals surface area contributed by atoms with Crippen LogP contribution in [0.4, 0.5) is 0 Å². The zero-order valence-electron chi connectivity index (χ0n) is 23.3. The molecule has 1 aromatic rings. The predicted octanol–water partition coefficient (Wildman–Crippen LogP) is 2.44. The zero-order chi connectivity index (χ0) is 27.7. The number of hydrogen-bond acceptors (Lipinski definition) is 9. The van der Waals surface area contributed by atoms with E-state index >= 15 is 0 Å². The van der Waals surface area contributed by atoms with Crippen LogP contribution in [0.25, 0.3) is 0 Å². The molecule has 5 aliphatic rings. The molecule has 0 bridgehead atoms. The highest BCUT2D eigenvalue weighted by Crippen LogP contribution is 2.70. The number of allylic oxidation sites excluding steroid dienone is 1. The molecular formula is C30H44N2O7. The van der Waals surface area contributed by atoms with Gasteiger partial charge in [-0.1, -0.05) is 25.5 Å². The molecule has 0 spiro atoms. The maximum absolute atomic E-state index is 12.5. The van der Waals surface area contributed by atoms with Crippen LogP contribution in [0.15, 0.2) is 39.3 Å². The summed E-state index contributed by atoms with van der Waals surface area (Å²) in [6.07, 6.45) is 8.15. The van der Waals surface area contributed by atoms with Crippen LogP contribution in [-0.2, 0) is 9.57 Å². The minimum atomic E-state index is -1.16. The molecule has 4 fully saturated rings. The van der Waals surface area contributed by atoms with Crippen molar-refractivity contribution in [1.29, 1.82) is 0 Å². The van der Waals surface area contributed by atoms with Crippen molar-refractivity contribution in [3.8, 4) is 0 Å². The van der Waals surface area contributed by atoms with Crippen LogP contribution in [-0.4, -0.2) is 70.2 Å². The summed E-state index contributed by atoms with van der Waals surface area (Å²) in [7, 11) is 1.58. The Morgan fingerprint density at radius 1 is 1.05 bits per heavy atom. The van der Waals surface area contributed by atoms with E-state index in [1.54, 1.807) is 18.4 Å². The summed E-state index contributed by atoms with van der Waals surface area (Å²) in [5.41, 5.74) is 6.93. The number of aliphatic hydroxyl groups excluding tert-OH is 2. The molecule has 1 aromatic heterocycles. The highest BCUT2D eigenvalue weighted by Gasteiger charge is 2.66. The van der Waals surface area contributed by atoms with Gasteiger partial charge in [-0.15, -0.1) is 0 Å². The molecule has 1 aliphatic heterocycles. The molecule has 0 radical (unpaired) electrons. The molecule has 39 heavy (non-hydrogen) atoms. The van der Waals surface area contributed by atoms with E-state index in [0.717, 1.165) is 56.9 Å². The molecule has 3 unspecified atom stereocenters. The summed E-state index contributed by atoms with van der Waals surface area (Å²) < 4.78 is 11.0. The SMILES string of the molecule is CON(C1OC[C@H](N)[C@H](O)[C@@H]1O)[C@@H]1C=C2CCC3C(CC[C@]4(C)[C@@H](c5ccc(=O)oc5)CC[C@]34O)[C@@]2(C)CC1. The molecule has 9 nitrogen and oxygen atoms in total. The van der Waals surface area contributed by atoms with Gasteiger partial charge in [-0.05, 0) is 86.2 Å². The minimum absolute atomic E-state index is 0.0125. The Kier molecular flexibility index (Phi) is 6.90. The van der Waals surface area contributed by atoms with E-state index in [0.29, 0.717) is 5.92 Å². The third-order valence-corrected chi connectivity index (χ3v) is 11.7. The Bertz CT molecular complexity index is 1150. The first-order chi connectivity index (χ1) is 18.5. The highest BCUT2D eigenvalue weighted by molar-refractivity contribution is 5.31. The lowest BCUT2D eigenvalue weighted by atomic mass is 9.45. The average molecular weight is 545 g/mol. The first-order valence-electron chi connectivity index (χ1n) is 14.6. The monoisotopic (exact) mass is 544 g/mol. The van der Waals surface area contributed by atoms with Crippen LogP contribution in [0, 0.1) is 22.7 Å². The van der Waals surface area contributed by atoms with E-state index in [1.165, 1.54) is 11.6 Å². The van der Waals surface area contributed by atoms with E-state index in [-0.39, 0.29) is 40.9 Å². The molecule has 216 valence electrons. The quantitative estimate of drug-likeness (QED) is 0.332. The van der Waals surface area contributed by atoms with Crippen LogP contribution < -0.4 is 11.4 Å². The van der Waals surface area contributed by atoms with Crippen molar-refractivity contribution in [2.75, 3.05) is 13.7 Å². The number of ether oxygens (including phenoxy) is 1. The fourth-order valence-corrected chi connectivity index (χ4v) is 9.46. The van der Waals surface area contributed by atoms with Gasteiger partial charge in [0.1, 0.15) is 12.2 Å². The van der Waals surface area contributed by atoms with Gasteiger partial charge < -0.3 is 30.2 Å². The minimum Gasteiger partial charge on any atom is -0.431 e. The topological polar surface area (TPSA) is 139 Å². The number of fused-ring (bicyclic) bond motifs is 5. The van der Waals surface area contributed by atoms with Crippen LogP contribution in [0.3, 0.4) is 0 Å². The number of hydroxylamine groups is 2. The highest BCUT2D eigenvalue weighted by atomic mass is 16.7. The van der Waals surface area contributed by atoms with Gasteiger partial charge in [-0.3, -0.25) is 4.84 Å². The summed E-state index contributed by atoms with van der Waals surface area (Å²) in [4.78, 5) is 17.3. The van der Waals surface area contributed by atoms with Gasteiger partial charge in [-0.25, -0.2) is 4.79 Å². The fourth-order valence-electron chi connectivity index (χ4n) is 9.46. The van der Waals surface area contributed by atoms with Gasteiger partial charge in [-0.2, -0.15) is 5.06 Å². The lowest BCUT2D eigenvalue weighted by Crippen LogP contribution is -2.63. The van der Waals surface area contributed by atoms with Crippen LogP contribution in [0.2, 0.25) is 0 Å². The largest absolute Gasteiger partial charge is 0.431 e. The van der Waals surface area contributed by atoms with Crippen molar-refractivity contribution in [2.45, 2.75) is 107 Å². The third kappa shape index (κ3) is 4.03. The van der Waals surface area contributed by atoms with Gasteiger partial charge in [0.05, 0.1) is 37.7 Å². The summed E-state index contributed by atoms with van der Waals surface area (Å²) in [5.74, 6) is 0.777. The fraction of sp³-hybridized carbons (Fsp3) is 0.767. The lowest BCUT2D eigenvalue weighted by molar-refractivity contribution is -0.305. The second-order valence-electron chi connectivity index (χ2n) is 13.2. The molecule has 9 heteroatoms. The Labute approximate surface area is 229 Å². The summed E-state index contributed by atoms with van der Waals surface area (Å²) >= 11 is 0. The van der Waals surface area contributed by atoms with E-state index in [1.807, 2.05) is 6.07 Å². The first kappa shape index (κ1) is 27.6. The summed E-state index contributed by atoms with van der Waals surface area (Å²) in [6.45, 7) is 4.78. The Morgan fingerprint density at radius 3 is 2.56 bits per heavy atom. The van der Waals surface area contributed by atoms with Crippen LogP contribution in [0.1, 0.15) is 76.7 Å². The molecule has 1 saturated heterocycles. The van der Waals surface area contributed by atoms with Crippen molar-refractivity contribution in [3.63, 3.8) is 0 Å². The summed E-state index contributed by atoms with van der Waals surface area (Å²) in [5, 5.41) is 35.2. The van der Waals surface area contributed by atoms with Gasteiger partial charge in [0.2, 0.25) is 0 Å². The lowest BCUT2D eigenvalue weighted by Gasteiger charge is -2.62. The number of aliphatic hydroxyl groups is 3. The Balaban J connectivity index is 1.24. The van der Waals surface area contributed by atoms with E-state index in [9.17, 15) is 20.1 Å². The van der Waals surface area contributed by atoms with Gasteiger partial charge in [0, 0.05) is 11.5 Å². The first-order valence-corrected chi connectivity index (χ1v) is 14.6. The number of nitrogens with zero attached hydrogens (tertiary/aromatic N) is 1. The van der Waals surface area contributed by atoms with Crippen LogP contribution >= 0.6 is 0 Å². The summed E-state index contributed by atoms with van der Waals surface area (Å²) in [6, 6.07) is 2.66. The van der Waals surface area contributed by atoms with Crippen molar-refractivity contribution in [2.24, 2.45) is 28.4 Å². The normalized spacial score (nSPS) is 47.7.